The summed E-state index contributed by atoms with van der Waals surface area (Å²) in [6.45, 7) is 4.26. The van der Waals surface area contributed by atoms with E-state index >= 15 is 0 Å². The molecule has 0 bridgehead atoms. The van der Waals surface area contributed by atoms with E-state index in [4.69, 9.17) is 0 Å². The van der Waals surface area contributed by atoms with Gasteiger partial charge in [-0.15, -0.1) is 0 Å². The van der Waals surface area contributed by atoms with Gasteiger partial charge in [0.1, 0.15) is 5.82 Å². The van der Waals surface area contributed by atoms with Crippen molar-refractivity contribution in [2.24, 2.45) is 5.92 Å². The van der Waals surface area contributed by atoms with E-state index in [1.165, 1.54) is 11.6 Å². The molecule has 1 heterocycles. The van der Waals surface area contributed by atoms with Gasteiger partial charge in [-0.2, -0.15) is 0 Å². The minimum absolute atomic E-state index is 0.00954. The van der Waals surface area contributed by atoms with Crippen LogP contribution in [-0.2, 0) is 17.8 Å². The molecule has 2 aromatic rings. The van der Waals surface area contributed by atoms with Crippen LogP contribution in [-0.4, -0.2) is 29.9 Å². The molecule has 2 aromatic carbocycles. The summed E-state index contributed by atoms with van der Waals surface area (Å²) in [5.74, 6) is -0.0443. The van der Waals surface area contributed by atoms with Crippen molar-refractivity contribution in [3.63, 3.8) is 0 Å². The third-order valence-corrected chi connectivity index (χ3v) is 5.33. The molecule has 0 aromatic heterocycles. The quantitative estimate of drug-likeness (QED) is 0.795. The molecule has 1 N–H and O–H groups in total. The van der Waals surface area contributed by atoms with Crippen molar-refractivity contribution < 1.29 is 9.18 Å². The summed E-state index contributed by atoms with van der Waals surface area (Å²) in [7, 11) is 0. The van der Waals surface area contributed by atoms with Gasteiger partial charge in [0.05, 0.1) is 5.92 Å². The lowest BCUT2D eigenvalue weighted by atomic mass is 9.96. The van der Waals surface area contributed by atoms with E-state index in [0.29, 0.717) is 18.7 Å². The largest absolute Gasteiger partial charge is 0.353 e. The van der Waals surface area contributed by atoms with Crippen LogP contribution in [0, 0.1) is 11.7 Å². The lowest BCUT2D eigenvalue weighted by Crippen LogP contribution is -2.45. The van der Waals surface area contributed by atoms with Crippen LogP contribution in [0.4, 0.5) is 4.39 Å². The maximum Gasteiger partial charge on any atom is 0.224 e. The highest BCUT2D eigenvalue weighted by atomic mass is 19.1. The predicted octanol–water partition coefficient (Wildman–Crippen LogP) is 4.18. The van der Waals surface area contributed by atoms with Crippen LogP contribution in [0.25, 0.3) is 0 Å². The number of nitrogens with zero attached hydrogens (tertiary/aromatic N) is 1. The Morgan fingerprint density at radius 1 is 1.19 bits per heavy atom. The highest BCUT2D eigenvalue weighted by Gasteiger charge is 2.26. The van der Waals surface area contributed by atoms with Gasteiger partial charge in [0.15, 0.2) is 0 Å². The molecule has 3 nitrogen and oxygen atoms in total. The van der Waals surface area contributed by atoms with Crippen LogP contribution in [0.2, 0.25) is 0 Å². The second kappa shape index (κ2) is 9.65. The average molecular weight is 368 g/mol. The Bertz CT molecular complexity index is 734. The van der Waals surface area contributed by atoms with Crippen LogP contribution >= 0.6 is 0 Å². The SMILES string of the molecule is CC(CCc1ccccc1)NC(=O)C1CCCN(Cc2ccccc2F)C1. The lowest BCUT2D eigenvalue weighted by Gasteiger charge is -2.32. The first kappa shape index (κ1) is 19.6. The zero-order chi connectivity index (χ0) is 19.1. The van der Waals surface area contributed by atoms with E-state index in [1.807, 2.05) is 30.3 Å². The first-order valence-electron chi connectivity index (χ1n) is 9.92. The third-order valence-electron chi connectivity index (χ3n) is 5.33. The summed E-state index contributed by atoms with van der Waals surface area (Å²) in [6, 6.07) is 17.4. The van der Waals surface area contributed by atoms with Gasteiger partial charge in [-0.3, -0.25) is 9.69 Å². The van der Waals surface area contributed by atoms with Crippen molar-refractivity contribution in [3.05, 3.63) is 71.5 Å². The molecule has 3 rings (SSSR count). The molecule has 0 radical (unpaired) electrons. The minimum Gasteiger partial charge on any atom is -0.353 e. The maximum atomic E-state index is 13.9. The van der Waals surface area contributed by atoms with Gasteiger partial charge in [0.25, 0.3) is 0 Å². The van der Waals surface area contributed by atoms with Gasteiger partial charge >= 0.3 is 0 Å². The molecular weight excluding hydrogens is 339 g/mol. The van der Waals surface area contributed by atoms with Crippen molar-refractivity contribution in [3.8, 4) is 0 Å². The topological polar surface area (TPSA) is 32.3 Å². The Morgan fingerprint density at radius 2 is 1.93 bits per heavy atom. The number of aryl methyl sites for hydroxylation is 1. The van der Waals surface area contributed by atoms with Gasteiger partial charge in [0, 0.05) is 24.7 Å². The second-order valence-electron chi connectivity index (χ2n) is 7.60. The molecule has 2 unspecified atom stereocenters. The van der Waals surface area contributed by atoms with Crippen molar-refractivity contribution in [1.82, 2.24) is 10.2 Å². The molecule has 2 atom stereocenters. The number of amides is 1. The molecule has 4 heteroatoms. The Kier molecular flexibility index (Phi) is 6.99. The average Bonchev–Trinajstić information content (AvgIpc) is 2.69. The fraction of sp³-hybridized carbons (Fsp3) is 0.435. The van der Waals surface area contributed by atoms with Gasteiger partial charge in [-0.1, -0.05) is 48.5 Å². The molecule has 0 aliphatic carbocycles. The zero-order valence-electron chi connectivity index (χ0n) is 16.0. The molecule has 1 aliphatic heterocycles. The summed E-state index contributed by atoms with van der Waals surface area (Å²) in [5.41, 5.74) is 2.00. The molecule has 0 saturated carbocycles. The van der Waals surface area contributed by atoms with E-state index < -0.39 is 0 Å². The molecule has 27 heavy (non-hydrogen) atoms. The molecule has 1 aliphatic rings. The molecule has 144 valence electrons. The van der Waals surface area contributed by atoms with Crippen molar-refractivity contribution >= 4 is 5.91 Å². The lowest BCUT2D eigenvalue weighted by molar-refractivity contribution is -0.127. The minimum atomic E-state index is -0.168. The predicted molar refractivity (Wildman–Crippen MR) is 107 cm³/mol. The monoisotopic (exact) mass is 368 g/mol. The van der Waals surface area contributed by atoms with E-state index in [-0.39, 0.29) is 23.7 Å². The first-order valence-corrected chi connectivity index (χ1v) is 9.92. The first-order chi connectivity index (χ1) is 13.1. The highest BCUT2D eigenvalue weighted by Crippen LogP contribution is 2.20. The summed E-state index contributed by atoms with van der Waals surface area (Å²) in [5, 5.41) is 3.18. The number of carbonyl (C=O) groups is 1. The highest BCUT2D eigenvalue weighted by molar-refractivity contribution is 5.79. The number of halogens is 1. The normalized spacial score (nSPS) is 18.8. The molecule has 1 amide bonds. The van der Waals surface area contributed by atoms with Crippen molar-refractivity contribution in [2.75, 3.05) is 13.1 Å². The fourth-order valence-corrected chi connectivity index (χ4v) is 3.74. The van der Waals surface area contributed by atoms with Crippen LogP contribution in [0.15, 0.2) is 54.6 Å². The van der Waals surface area contributed by atoms with Crippen LogP contribution in [0.5, 0.6) is 0 Å². The van der Waals surface area contributed by atoms with E-state index in [0.717, 1.165) is 32.2 Å². The Balaban J connectivity index is 1.47. The fourth-order valence-electron chi connectivity index (χ4n) is 3.74. The van der Waals surface area contributed by atoms with Crippen LogP contribution in [0.1, 0.15) is 37.3 Å². The summed E-state index contributed by atoms with van der Waals surface area (Å²) < 4.78 is 13.9. The Labute approximate surface area is 161 Å². The number of likely N-dealkylation sites (tertiary alicyclic amines) is 1. The standard InChI is InChI=1S/C23H29FN2O/c1-18(13-14-19-8-3-2-4-9-19)25-23(27)21-11-7-15-26(17-21)16-20-10-5-6-12-22(20)24/h2-6,8-10,12,18,21H,7,11,13-17H2,1H3,(H,25,27). The number of piperidine rings is 1. The van der Waals surface area contributed by atoms with Crippen LogP contribution in [0.3, 0.4) is 0 Å². The summed E-state index contributed by atoms with van der Waals surface area (Å²) >= 11 is 0. The number of benzene rings is 2. The number of rotatable bonds is 7. The van der Waals surface area contributed by atoms with E-state index in [1.54, 1.807) is 6.07 Å². The summed E-state index contributed by atoms with van der Waals surface area (Å²) in [4.78, 5) is 14.9. The number of hydrogen-bond donors (Lipinski definition) is 1. The van der Waals surface area contributed by atoms with Gasteiger partial charge in [-0.05, 0) is 50.8 Å². The van der Waals surface area contributed by atoms with E-state index in [9.17, 15) is 9.18 Å². The molecule has 1 saturated heterocycles. The molecule has 1 fully saturated rings. The Morgan fingerprint density at radius 3 is 2.70 bits per heavy atom. The Hall–Kier alpha value is -2.20. The number of hydrogen-bond acceptors (Lipinski definition) is 2. The molecular formula is C23H29FN2O. The smallest absolute Gasteiger partial charge is 0.224 e. The second-order valence-corrected chi connectivity index (χ2v) is 7.60. The molecule has 0 spiro atoms. The number of nitrogens with one attached hydrogen (secondary N) is 1. The van der Waals surface area contributed by atoms with Crippen molar-refractivity contribution in [1.29, 1.82) is 0 Å². The van der Waals surface area contributed by atoms with Gasteiger partial charge in [0.2, 0.25) is 5.91 Å². The van der Waals surface area contributed by atoms with Crippen molar-refractivity contribution in [2.45, 2.75) is 45.2 Å². The summed E-state index contributed by atoms with van der Waals surface area (Å²) in [6.07, 6.45) is 3.78. The van der Waals surface area contributed by atoms with Gasteiger partial charge in [-0.25, -0.2) is 4.39 Å². The maximum absolute atomic E-state index is 13.9. The number of carbonyl (C=O) groups excluding carboxylic acids is 1. The van der Waals surface area contributed by atoms with Crippen LogP contribution < -0.4 is 5.32 Å². The zero-order valence-corrected chi connectivity index (χ0v) is 16.0. The van der Waals surface area contributed by atoms with Gasteiger partial charge < -0.3 is 5.32 Å². The van der Waals surface area contributed by atoms with E-state index in [2.05, 4.69) is 29.3 Å². The third kappa shape index (κ3) is 5.90.